The zero-order valence-electron chi connectivity index (χ0n) is 9.22. The maximum Gasteiger partial charge on any atom is 0.0627 e. The standard InChI is InChI=1S/C13H15Br2Cl/c1-8-3-2-4-10(8)13(16)11-7-9(14)5-6-12(11)15/h5-8,10,13H,2-4H2,1H3. The minimum atomic E-state index is 0.129. The van der Waals surface area contributed by atoms with Crippen molar-refractivity contribution in [1.29, 1.82) is 0 Å². The predicted molar refractivity (Wildman–Crippen MR) is 76.9 cm³/mol. The van der Waals surface area contributed by atoms with Gasteiger partial charge in [-0.25, -0.2) is 0 Å². The Hall–Kier alpha value is 0.470. The van der Waals surface area contributed by atoms with E-state index in [1.807, 2.05) is 6.07 Å². The monoisotopic (exact) mass is 364 g/mol. The third kappa shape index (κ3) is 2.65. The van der Waals surface area contributed by atoms with Crippen LogP contribution in [0.15, 0.2) is 27.1 Å². The van der Waals surface area contributed by atoms with Crippen molar-refractivity contribution in [3.8, 4) is 0 Å². The fourth-order valence-corrected chi connectivity index (χ4v) is 4.12. The van der Waals surface area contributed by atoms with Crippen LogP contribution in [-0.4, -0.2) is 0 Å². The average Bonchev–Trinajstić information content (AvgIpc) is 2.67. The summed E-state index contributed by atoms with van der Waals surface area (Å²) in [5.41, 5.74) is 1.22. The summed E-state index contributed by atoms with van der Waals surface area (Å²) in [5, 5.41) is 0.129. The first-order valence-corrected chi connectivity index (χ1v) is 7.71. The second-order valence-electron chi connectivity index (χ2n) is 4.64. The summed E-state index contributed by atoms with van der Waals surface area (Å²) in [6.45, 7) is 2.32. The van der Waals surface area contributed by atoms with Crippen LogP contribution in [0.2, 0.25) is 0 Å². The first-order chi connectivity index (χ1) is 7.59. The Morgan fingerprint density at radius 1 is 1.31 bits per heavy atom. The van der Waals surface area contributed by atoms with E-state index in [0.717, 1.165) is 14.9 Å². The molecular formula is C13H15Br2Cl. The van der Waals surface area contributed by atoms with E-state index in [1.165, 1.54) is 24.8 Å². The van der Waals surface area contributed by atoms with Gasteiger partial charge in [-0.15, -0.1) is 11.6 Å². The van der Waals surface area contributed by atoms with Crippen LogP contribution in [0.1, 0.15) is 37.1 Å². The maximum absolute atomic E-state index is 6.63. The number of hydrogen-bond acceptors (Lipinski definition) is 0. The van der Waals surface area contributed by atoms with Gasteiger partial charge in [0.15, 0.2) is 0 Å². The van der Waals surface area contributed by atoms with Crippen LogP contribution in [-0.2, 0) is 0 Å². The molecule has 0 heterocycles. The van der Waals surface area contributed by atoms with Crippen LogP contribution in [0, 0.1) is 11.8 Å². The number of benzene rings is 1. The van der Waals surface area contributed by atoms with Crippen molar-refractivity contribution in [2.24, 2.45) is 11.8 Å². The molecule has 1 aliphatic rings. The summed E-state index contributed by atoms with van der Waals surface area (Å²) in [4.78, 5) is 0. The van der Waals surface area contributed by atoms with Gasteiger partial charge < -0.3 is 0 Å². The Labute approximate surface area is 119 Å². The SMILES string of the molecule is CC1CCCC1C(Cl)c1cc(Br)ccc1Br. The van der Waals surface area contributed by atoms with E-state index in [4.69, 9.17) is 11.6 Å². The third-order valence-electron chi connectivity index (χ3n) is 3.56. The Kier molecular flexibility index (Phi) is 4.37. The van der Waals surface area contributed by atoms with Crippen LogP contribution in [0.25, 0.3) is 0 Å². The molecule has 0 bridgehead atoms. The molecule has 0 spiro atoms. The molecule has 0 N–H and O–H groups in total. The van der Waals surface area contributed by atoms with E-state index in [9.17, 15) is 0 Å². The molecule has 0 amide bonds. The van der Waals surface area contributed by atoms with Crippen molar-refractivity contribution in [3.05, 3.63) is 32.7 Å². The van der Waals surface area contributed by atoms with Gasteiger partial charge in [-0.05, 0) is 42.0 Å². The van der Waals surface area contributed by atoms with Crippen molar-refractivity contribution in [1.82, 2.24) is 0 Å². The number of hydrogen-bond donors (Lipinski definition) is 0. The first-order valence-electron chi connectivity index (χ1n) is 5.68. The molecule has 0 nitrogen and oxygen atoms in total. The summed E-state index contributed by atoms with van der Waals surface area (Å²) >= 11 is 13.7. The van der Waals surface area contributed by atoms with Gasteiger partial charge in [-0.1, -0.05) is 51.6 Å². The molecular weight excluding hydrogens is 351 g/mol. The maximum atomic E-state index is 6.63. The van der Waals surface area contributed by atoms with Crippen LogP contribution in [0.3, 0.4) is 0 Å². The minimum absolute atomic E-state index is 0.129. The van der Waals surface area contributed by atoms with Gasteiger partial charge in [0, 0.05) is 8.95 Å². The molecule has 1 aromatic rings. The van der Waals surface area contributed by atoms with Gasteiger partial charge in [0.1, 0.15) is 0 Å². The van der Waals surface area contributed by atoms with Crippen molar-refractivity contribution in [2.45, 2.75) is 31.6 Å². The molecule has 3 heteroatoms. The van der Waals surface area contributed by atoms with Crippen molar-refractivity contribution in [2.75, 3.05) is 0 Å². The Balaban J connectivity index is 2.25. The molecule has 16 heavy (non-hydrogen) atoms. The highest BCUT2D eigenvalue weighted by Gasteiger charge is 2.31. The van der Waals surface area contributed by atoms with E-state index in [-0.39, 0.29) is 5.38 Å². The second-order valence-corrected chi connectivity index (χ2v) is 6.88. The van der Waals surface area contributed by atoms with Gasteiger partial charge >= 0.3 is 0 Å². The van der Waals surface area contributed by atoms with Gasteiger partial charge in [-0.3, -0.25) is 0 Å². The highest BCUT2D eigenvalue weighted by molar-refractivity contribution is 9.11. The van der Waals surface area contributed by atoms with Crippen LogP contribution in [0.5, 0.6) is 0 Å². The van der Waals surface area contributed by atoms with Crippen LogP contribution >= 0.6 is 43.5 Å². The molecule has 2 rings (SSSR count). The smallest absolute Gasteiger partial charge is 0.0627 e. The topological polar surface area (TPSA) is 0 Å². The van der Waals surface area contributed by atoms with E-state index in [0.29, 0.717) is 5.92 Å². The minimum Gasteiger partial charge on any atom is -0.117 e. The molecule has 1 aromatic carbocycles. The zero-order chi connectivity index (χ0) is 11.7. The second kappa shape index (κ2) is 5.41. The third-order valence-corrected chi connectivity index (χ3v) is 5.33. The van der Waals surface area contributed by atoms with Gasteiger partial charge in [0.25, 0.3) is 0 Å². The van der Waals surface area contributed by atoms with E-state index in [2.05, 4.69) is 50.9 Å². The molecule has 88 valence electrons. The quantitative estimate of drug-likeness (QED) is 0.569. The lowest BCUT2D eigenvalue weighted by molar-refractivity contribution is 0.405. The molecule has 1 saturated carbocycles. The summed E-state index contributed by atoms with van der Waals surface area (Å²) in [5.74, 6) is 1.36. The molecule has 1 aliphatic carbocycles. The van der Waals surface area contributed by atoms with Crippen molar-refractivity contribution in [3.63, 3.8) is 0 Å². The lowest BCUT2D eigenvalue weighted by atomic mass is 9.90. The molecule has 0 aliphatic heterocycles. The van der Waals surface area contributed by atoms with Gasteiger partial charge in [-0.2, -0.15) is 0 Å². The number of rotatable bonds is 2. The highest BCUT2D eigenvalue weighted by Crippen LogP contribution is 2.45. The first kappa shape index (κ1) is 12.9. The summed E-state index contributed by atoms with van der Waals surface area (Å²) < 4.78 is 2.22. The normalized spacial score (nSPS) is 27.0. The fraction of sp³-hybridized carbons (Fsp3) is 0.538. The highest BCUT2D eigenvalue weighted by atomic mass is 79.9. The van der Waals surface area contributed by atoms with Crippen molar-refractivity contribution < 1.29 is 0 Å². The number of halogens is 3. The largest absolute Gasteiger partial charge is 0.117 e. The van der Waals surface area contributed by atoms with E-state index in [1.54, 1.807) is 0 Å². The molecule has 1 fully saturated rings. The van der Waals surface area contributed by atoms with Crippen LogP contribution < -0.4 is 0 Å². The summed E-state index contributed by atoms with van der Waals surface area (Å²) in [7, 11) is 0. The lowest BCUT2D eigenvalue weighted by Gasteiger charge is -2.23. The van der Waals surface area contributed by atoms with Gasteiger partial charge in [0.05, 0.1) is 5.38 Å². The summed E-state index contributed by atoms with van der Waals surface area (Å²) in [6, 6.07) is 6.23. The molecule has 0 saturated heterocycles. The van der Waals surface area contributed by atoms with E-state index < -0.39 is 0 Å². The number of alkyl halides is 1. The van der Waals surface area contributed by atoms with Gasteiger partial charge in [0.2, 0.25) is 0 Å². The molecule has 0 aromatic heterocycles. The summed E-state index contributed by atoms with van der Waals surface area (Å²) in [6.07, 6.45) is 3.90. The van der Waals surface area contributed by atoms with Crippen LogP contribution in [0.4, 0.5) is 0 Å². The lowest BCUT2D eigenvalue weighted by Crippen LogP contribution is -2.11. The molecule has 3 unspecified atom stereocenters. The Morgan fingerprint density at radius 2 is 2.06 bits per heavy atom. The Morgan fingerprint density at radius 3 is 2.69 bits per heavy atom. The predicted octanol–water partition coefficient (Wildman–Crippen LogP) is 5.93. The fourth-order valence-electron chi connectivity index (χ4n) is 2.57. The average molecular weight is 367 g/mol. The zero-order valence-corrected chi connectivity index (χ0v) is 13.1. The van der Waals surface area contributed by atoms with Crippen molar-refractivity contribution >= 4 is 43.5 Å². The van der Waals surface area contributed by atoms with E-state index >= 15 is 0 Å². The molecule has 0 radical (unpaired) electrons. The molecule has 3 atom stereocenters. The Bertz CT molecular complexity index is 378.